The average molecular weight is 464 g/mol. The molecule has 2 unspecified atom stereocenters. The Morgan fingerprint density at radius 3 is 2.56 bits per heavy atom. The number of sulfonamides is 1. The molecule has 1 aliphatic rings. The predicted molar refractivity (Wildman–Crippen MR) is 119 cm³/mol. The van der Waals surface area contributed by atoms with Crippen molar-refractivity contribution in [2.75, 3.05) is 13.2 Å². The van der Waals surface area contributed by atoms with Crippen molar-refractivity contribution in [3.05, 3.63) is 59.7 Å². The second kappa shape index (κ2) is 10.8. The molecule has 32 heavy (non-hydrogen) atoms. The minimum absolute atomic E-state index is 0.164. The number of fused-ring (bicyclic) bond motifs is 1. The number of benzene rings is 2. The van der Waals surface area contributed by atoms with E-state index < -0.39 is 33.3 Å². The highest BCUT2D eigenvalue weighted by Gasteiger charge is 2.27. The number of hydrogen-bond acceptors (Lipinski definition) is 7. The molecule has 0 saturated carbocycles. The first kappa shape index (κ1) is 24.0. The Morgan fingerprint density at radius 1 is 1.16 bits per heavy atom. The summed E-state index contributed by atoms with van der Waals surface area (Å²) in [4.78, 5) is 19.9. The molecule has 2 N–H and O–H groups in total. The third kappa shape index (κ3) is 6.21. The SMILES string of the molecule is CC[C@H](C)S(=O)(=O)NOC(=O)C(Cc1ccccc1)Cc1ccc2c(c1)OC(CO)CO2. The van der Waals surface area contributed by atoms with Crippen LogP contribution < -0.4 is 14.4 Å². The van der Waals surface area contributed by atoms with Gasteiger partial charge in [0.2, 0.25) is 10.0 Å². The zero-order valence-corrected chi connectivity index (χ0v) is 19.0. The van der Waals surface area contributed by atoms with Crippen molar-refractivity contribution in [2.45, 2.75) is 44.5 Å². The van der Waals surface area contributed by atoms with Gasteiger partial charge in [0, 0.05) is 0 Å². The van der Waals surface area contributed by atoms with Gasteiger partial charge < -0.3 is 19.4 Å². The zero-order valence-electron chi connectivity index (χ0n) is 18.2. The highest BCUT2D eigenvalue weighted by molar-refractivity contribution is 7.89. The molecule has 1 aliphatic heterocycles. The number of carbonyl (C=O) groups excluding carboxylic acids is 1. The first-order valence-electron chi connectivity index (χ1n) is 10.6. The third-order valence-corrected chi connectivity index (χ3v) is 7.14. The number of nitrogens with one attached hydrogen (secondary N) is 1. The molecular weight excluding hydrogens is 434 g/mol. The van der Waals surface area contributed by atoms with Crippen LogP contribution in [0.4, 0.5) is 0 Å². The molecule has 0 saturated heterocycles. The maximum Gasteiger partial charge on any atom is 0.329 e. The second-order valence-corrected chi connectivity index (χ2v) is 9.94. The Morgan fingerprint density at radius 2 is 1.88 bits per heavy atom. The van der Waals surface area contributed by atoms with Gasteiger partial charge in [0.1, 0.15) is 6.61 Å². The molecule has 1 heterocycles. The van der Waals surface area contributed by atoms with Crippen LogP contribution in [0.1, 0.15) is 31.4 Å². The maximum atomic E-state index is 12.9. The van der Waals surface area contributed by atoms with Crippen molar-refractivity contribution in [2.24, 2.45) is 5.92 Å². The summed E-state index contributed by atoms with van der Waals surface area (Å²) in [5, 5.41) is 8.65. The lowest BCUT2D eigenvalue weighted by Gasteiger charge is -2.26. The van der Waals surface area contributed by atoms with Crippen LogP contribution in [0.2, 0.25) is 0 Å². The van der Waals surface area contributed by atoms with Crippen LogP contribution in [0.5, 0.6) is 11.5 Å². The molecule has 9 heteroatoms. The van der Waals surface area contributed by atoms with Crippen LogP contribution in [-0.2, 0) is 32.5 Å². The Kier molecular flexibility index (Phi) is 8.11. The fraction of sp³-hybridized carbons (Fsp3) is 0.435. The van der Waals surface area contributed by atoms with Gasteiger partial charge in [-0.15, -0.1) is 0 Å². The highest BCUT2D eigenvalue weighted by atomic mass is 32.2. The molecule has 0 bridgehead atoms. The van der Waals surface area contributed by atoms with Gasteiger partial charge in [-0.3, -0.25) is 0 Å². The summed E-state index contributed by atoms with van der Waals surface area (Å²) in [7, 11) is -3.76. The van der Waals surface area contributed by atoms with E-state index in [0.717, 1.165) is 11.1 Å². The standard InChI is InChI=1S/C23H29NO7S/c1-3-16(2)32(27,28)24-31-23(26)19(11-17-7-5-4-6-8-17)12-18-9-10-21-22(13-18)30-20(14-25)15-29-21/h4-10,13,16,19-20,24-25H,3,11-12,14-15H2,1-2H3/t16-,19?,20?/m0/s1. The molecule has 0 spiro atoms. The molecule has 0 radical (unpaired) electrons. The fourth-order valence-electron chi connectivity index (χ4n) is 3.28. The van der Waals surface area contributed by atoms with Crippen molar-refractivity contribution >= 4 is 16.0 Å². The van der Waals surface area contributed by atoms with Gasteiger partial charge in [0.05, 0.1) is 17.8 Å². The van der Waals surface area contributed by atoms with E-state index in [2.05, 4.69) is 0 Å². The van der Waals surface area contributed by atoms with Crippen LogP contribution in [-0.4, -0.2) is 44.1 Å². The van der Waals surface area contributed by atoms with Gasteiger partial charge in [0.15, 0.2) is 17.6 Å². The molecule has 8 nitrogen and oxygen atoms in total. The number of ether oxygens (including phenoxy) is 2. The van der Waals surface area contributed by atoms with Crippen molar-refractivity contribution in [1.82, 2.24) is 4.89 Å². The molecule has 174 valence electrons. The highest BCUT2D eigenvalue weighted by Crippen LogP contribution is 2.33. The summed E-state index contributed by atoms with van der Waals surface area (Å²) in [5.74, 6) is -0.226. The van der Waals surface area contributed by atoms with E-state index in [-0.39, 0.29) is 13.2 Å². The lowest BCUT2D eigenvalue weighted by molar-refractivity contribution is -0.152. The predicted octanol–water partition coefficient (Wildman–Crippen LogP) is 2.40. The van der Waals surface area contributed by atoms with Crippen LogP contribution >= 0.6 is 0 Å². The first-order chi connectivity index (χ1) is 15.3. The Bertz CT molecular complexity index is 1010. The molecule has 3 atom stereocenters. The minimum atomic E-state index is -3.76. The minimum Gasteiger partial charge on any atom is -0.486 e. The molecule has 3 rings (SSSR count). The number of hydrogen-bond donors (Lipinski definition) is 2. The first-order valence-corrected chi connectivity index (χ1v) is 12.2. The van der Waals surface area contributed by atoms with Crippen LogP contribution in [0, 0.1) is 5.92 Å². The summed E-state index contributed by atoms with van der Waals surface area (Å²) in [6.07, 6.45) is 0.627. The van der Waals surface area contributed by atoms with E-state index in [9.17, 15) is 18.3 Å². The van der Waals surface area contributed by atoms with Crippen molar-refractivity contribution in [1.29, 1.82) is 0 Å². The summed E-state index contributed by atoms with van der Waals surface area (Å²) >= 11 is 0. The lowest BCUT2D eigenvalue weighted by atomic mass is 9.92. The molecule has 0 amide bonds. The number of aliphatic hydroxyl groups excluding tert-OH is 1. The Hall–Kier alpha value is -2.62. The van der Waals surface area contributed by atoms with Crippen LogP contribution in [0.25, 0.3) is 0 Å². The number of carbonyl (C=O) groups is 1. The van der Waals surface area contributed by atoms with Crippen LogP contribution in [0.15, 0.2) is 48.5 Å². The monoisotopic (exact) mass is 463 g/mol. The van der Waals surface area contributed by atoms with Gasteiger partial charge in [-0.05, 0) is 54.3 Å². The van der Waals surface area contributed by atoms with Crippen LogP contribution in [0.3, 0.4) is 0 Å². The molecule has 0 aliphatic carbocycles. The molecule has 2 aromatic rings. The van der Waals surface area contributed by atoms with E-state index in [1.807, 2.05) is 41.3 Å². The van der Waals surface area contributed by atoms with E-state index in [4.69, 9.17) is 14.3 Å². The van der Waals surface area contributed by atoms with E-state index >= 15 is 0 Å². The Balaban J connectivity index is 1.77. The third-order valence-electron chi connectivity index (χ3n) is 5.43. The van der Waals surface area contributed by atoms with Gasteiger partial charge in [0.25, 0.3) is 0 Å². The summed E-state index contributed by atoms with van der Waals surface area (Å²) < 4.78 is 35.7. The molecule has 0 aromatic heterocycles. The fourth-order valence-corrected chi connectivity index (χ4v) is 4.08. The summed E-state index contributed by atoms with van der Waals surface area (Å²) in [6.45, 7) is 3.39. The zero-order chi connectivity index (χ0) is 23.1. The average Bonchev–Trinajstić information content (AvgIpc) is 2.81. The van der Waals surface area contributed by atoms with Crippen molar-refractivity contribution in [3.63, 3.8) is 0 Å². The summed E-state index contributed by atoms with van der Waals surface area (Å²) in [5.41, 5.74) is 1.73. The normalized spacial score (nSPS) is 17.4. The van der Waals surface area contributed by atoms with Gasteiger partial charge in [-0.25, -0.2) is 13.2 Å². The lowest BCUT2D eigenvalue weighted by Crippen LogP contribution is -2.36. The summed E-state index contributed by atoms with van der Waals surface area (Å²) in [6, 6.07) is 14.8. The number of aliphatic hydroxyl groups is 1. The molecule has 2 aromatic carbocycles. The molecular formula is C23H29NO7S. The van der Waals surface area contributed by atoms with Gasteiger partial charge >= 0.3 is 5.97 Å². The molecule has 0 fully saturated rings. The van der Waals surface area contributed by atoms with Crippen molar-refractivity contribution in [3.8, 4) is 11.5 Å². The quantitative estimate of drug-likeness (QED) is 0.521. The topological polar surface area (TPSA) is 111 Å². The van der Waals surface area contributed by atoms with E-state index in [1.54, 1.807) is 26.0 Å². The van der Waals surface area contributed by atoms with E-state index in [1.165, 1.54) is 0 Å². The maximum absolute atomic E-state index is 12.9. The Labute approximate surface area is 188 Å². The van der Waals surface area contributed by atoms with Gasteiger partial charge in [-0.1, -0.05) is 43.3 Å². The van der Waals surface area contributed by atoms with Crippen molar-refractivity contribution < 1.29 is 32.6 Å². The number of rotatable bonds is 10. The largest absolute Gasteiger partial charge is 0.486 e. The van der Waals surface area contributed by atoms with E-state index in [0.29, 0.717) is 30.8 Å². The van der Waals surface area contributed by atoms with Gasteiger partial charge in [-0.2, -0.15) is 0 Å². The smallest absolute Gasteiger partial charge is 0.329 e. The second-order valence-electron chi connectivity index (χ2n) is 7.87.